The summed E-state index contributed by atoms with van der Waals surface area (Å²) in [6, 6.07) is 5.31. The van der Waals surface area contributed by atoms with E-state index in [-0.39, 0.29) is 24.3 Å². The highest BCUT2D eigenvalue weighted by molar-refractivity contribution is 5.70. The lowest BCUT2D eigenvalue weighted by molar-refractivity contribution is -0.148. The fourth-order valence-corrected chi connectivity index (χ4v) is 1.55. The summed E-state index contributed by atoms with van der Waals surface area (Å²) in [5, 5.41) is 9.83. The van der Waals surface area contributed by atoms with Crippen molar-refractivity contribution in [2.45, 2.75) is 31.8 Å². The van der Waals surface area contributed by atoms with Gasteiger partial charge in [0.05, 0.1) is 19.1 Å². The summed E-state index contributed by atoms with van der Waals surface area (Å²) in [5.74, 6) is -4.99. The summed E-state index contributed by atoms with van der Waals surface area (Å²) in [5.41, 5.74) is 0.228. The predicted molar refractivity (Wildman–Crippen MR) is 69.1 cm³/mol. The highest BCUT2D eigenvalue weighted by Crippen LogP contribution is 2.26. The van der Waals surface area contributed by atoms with Crippen LogP contribution in [0.15, 0.2) is 24.3 Å². The second-order valence-corrected chi connectivity index (χ2v) is 4.45. The van der Waals surface area contributed by atoms with Crippen molar-refractivity contribution in [1.29, 1.82) is 0 Å². The van der Waals surface area contributed by atoms with Gasteiger partial charge in [-0.15, -0.1) is 0 Å². The Labute approximate surface area is 124 Å². The maximum Gasteiger partial charge on any atom is 0.340 e. The number of hydrogen-bond acceptors (Lipinski definition) is 4. The first kappa shape index (κ1) is 18.2. The lowest BCUT2D eigenvalue weighted by Crippen LogP contribution is -2.33. The minimum atomic E-state index is -4.26. The maximum atomic E-state index is 12.8. The number of benzene rings is 1. The van der Waals surface area contributed by atoms with Gasteiger partial charge < -0.3 is 14.6 Å². The van der Waals surface area contributed by atoms with Crippen LogP contribution < -0.4 is 4.74 Å². The summed E-state index contributed by atoms with van der Waals surface area (Å²) >= 11 is 0. The molecule has 1 N–H and O–H groups in total. The summed E-state index contributed by atoms with van der Waals surface area (Å²) in [6.45, 7) is 0.293. The van der Waals surface area contributed by atoms with Crippen molar-refractivity contribution in [3.63, 3.8) is 0 Å². The van der Waals surface area contributed by atoms with Gasteiger partial charge in [0.1, 0.15) is 5.75 Å². The third kappa shape index (κ3) is 5.51. The monoisotopic (exact) mass is 324 g/mol. The average molecular weight is 324 g/mol. The Morgan fingerprint density at radius 2 is 2.05 bits per heavy atom. The number of aliphatic hydroxyl groups is 1. The molecule has 0 radical (unpaired) electrons. The topological polar surface area (TPSA) is 55.8 Å². The third-order valence-electron chi connectivity index (χ3n) is 2.66. The van der Waals surface area contributed by atoms with E-state index in [1.165, 1.54) is 24.3 Å². The molecule has 0 saturated carbocycles. The van der Waals surface area contributed by atoms with Crippen molar-refractivity contribution in [1.82, 2.24) is 0 Å². The van der Waals surface area contributed by atoms with Crippen molar-refractivity contribution in [3.05, 3.63) is 29.8 Å². The zero-order valence-electron chi connectivity index (χ0n) is 11.8. The van der Waals surface area contributed by atoms with Crippen LogP contribution in [0.2, 0.25) is 0 Å². The molecule has 0 aliphatic rings. The largest absolute Gasteiger partial charge is 0.487 e. The smallest absolute Gasteiger partial charge is 0.340 e. The SMILES string of the molecule is CCOC(=O)CC(O)c1cccc(OCC(F)(F)C(F)F)c1. The lowest BCUT2D eigenvalue weighted by atomic mass is 10.1. The molecule has 0 heterocycles. The van der Waals surface area contributed by atoms with Crippen LogP contribution in [0, 0.1) is 0 Å². The minimum absolute atomic E-state index is 0.110. The number of aliphatic hydroxyl groups excluding tert-OH is 1. The van der Waals surface area contributed by atoms with Crippen molar-refractivity contribution in [2.24, 2.45) is 0 Å². The van der Waals surface area contributed by atoms with Gasteiger partial charge in [-0.2, -0.15) is 8.78 Å². The minimum Gasteiger partial charge on any atom is -0.487 e. The van der Waals surface area contributed by atoms with Gasteiger partial charge in [-0.25, -0.2) is 8.78 Å². The fraction of sp³-hybridized carbons (Fsp3) is 0.500. The number of carbonyl (C=O) groups excluding carboxylic acids is 1. The van der Waals surface area contributed by atoms with Crippen LogP contribution in [0.25, 0.3) is 0 Å². The van der Waals surface area contributed by atoms with Crippen LogP contribution in [-0.2, 0) is 9.53 Å². The van der Waals surface area contributed by atoms with Crippen LogP contribution >= 0.6 is 0 Å². The molecule has 0 aliphatic heterocycles. The first-order valence-electron chi connectivity index (χ1n) is 6.48. The number of hydrogen-bond donors (Lipinski definition) is 1. The van der Waals surface area contributed by atoms with Gasteiger partial charge >= 0.3 is 18.3 Å². The van der Waals surface area contributed by atoms with E-state index >= 15 is 0 Å². The zero-order valence-corrected chi connectivity index (χ0v) is 11.8. The molecule has 4 nitrogen and oxygen atoms in total. The van der Waals surface area contributed by atoms with Crippen molar-refractivity contribution < 1.29 is 36.9 Å². The van der Waals surface area contributed by atoms with Crippen LogP contribution in [0.5, 0.6) is 5.75 Å². The van der Waals surface area contributed by atoms with Gasteiger partial charge in [-0.1, -0.05) is 12.1 Å². The molecule has 0 amide bonds. The Hall–Kier alpha value is -1.83. The van der Waals surface area contributed by atoms with Crippen molar-refractivity contribution in [2.75, 3.05) is 13.2 Å². The van der Waals surface area contributed by atoms with Crippen molar-refractivity contribution >= 4 is 5.97 Å². The molecular formula is C14H16F4O4. The summed E-state index contributed by atoms with van der Waals surface area (Å²) in [7, 11) is 0. The van der Waals surface area contributed by atoms with Gasteiger partial charge in [0, 0.05) is 0 Å². The standard InChI is InChI=1S/C14H16F4O4/c1-2-21-12(20)7-11(19)9-4-3-5-10(6-9)22-8-14(17,18)13(15)16/h3-6,11,13,19H,2,7-8H2,1H3. The quantitative estimate of drug-likeness (QED) is 0.590. The highest BCUT2D eigenvalue weighted by Gasteiger charge is 2.41. The van der Waals surface area contributed by atoms with E-state index < -0.39 is 31.0 Å². The zero-order chi connectivity index (χ0) is 16.8. The summed E-state index contributed by atoms with van der Waals surface area (Å²) in [4.78, 5) is 11.2. The molecule has 1 aromatic carbocycles. The first-order chi connectivity index (χ1) is 10.3. The van der Waals surface area contributed by atoms with E-state index in [1.807, 2.05) is 0 Å². The molecule has 1 atom stereocenters. The maximum absolute atomic E-state index is 12.8. The molecule has 1 aromatic rings. The molecule has 1 unspecified atom stereocenters. The van der Waals surface area contributed by atoms with Crippen LogP contribution in [0.4, 0.5) is 17.6 Å². The van der Waals surface area contributed by atoms with E-state index in [0.717, 1.165) is 0 Å². The number of halogens is 4. The molecule has 0 aromatic heterocycles. The normalized spacial score (nSPS) is 13.0. The number of esters is 1. The summed E-state index contributed by atoms with van der Waals surface area (Å²) in [6.07, 6.45) is -5.35. The van der Waals surface area contributed by atoms with Crippen molar-refractivity contribution in [3.8, 4) is 5.75 Å². The third-order valence-corrected chi connectivity index (χ3v) is 2.66. The van der Waals surface area contributed by atoms with E-state index in [2.05, 4.69) is 9.47 Å². The predicted octanol–water partition coefficient (Wildman–Crippen LogP) is 2.95. The average Bonchev–Trinajstić information content (AvgIpc) is 2.45. The number of alkyl halides is 4. The van der Waals surface area contributed by atoms with E-state index in [4.69, 9.17) is 0 Å². The molecule has 0 saturated heterocycles. The Morgan fingerprint density at radius 3 is 2.64 bits per heavy atom. The van der Waals surface area contributed by atoms with E-state index in [9.17, 15) is 27.5 Å². The summed E-state index contributed by atoms with van der Waals surface area (Å²) < 4.78 is 58.8. The first-order valence-corrected chi connectivity index (χ1v) is 6.48. The second kappa shape index (κ2) is 7.98. The second-order valence-electron chi connectivity index (χ2n) is 4.45. The Morgan fingerprint density at radius 1 is 1.36 bits per heavy atom. The van der Waals surface area contributed by atoms with E-state index in [0.29, 0.717) is 0 Å². The lowest BCUT2D eigenvalue weighted by Gasteiger charge is -2.17. The van der Waals surface area contributed by atoms with E-state index in [1.54, 1.807) is 6.92 Å². The number of carbonyl (C=O) groups is 1. The van der Waals surface area contributed by atoms with Gasteiger partial charge in [-0.05, 0) is 24.6 Å². The fourth-order valence-electron chi connectivity index (χ4n) is 1.55. The molecule has 1 rings (SSSR count). The number of ether oxygens (including phenoxy) is 2. The van der Waals surface area contributed by atoms with Gasteiger partial charge in [-0.3, -0.25) is 4.79 Å². The molecule has 0 spiro atoms. The molecule has 22 heavy (non-hydrogen) atoms. The van der Waals surface area contributed by atoms with Gasteiger partial charge in [0.25, 0.3) is 0 Å². The molecular weight excluding hydrogens is 308 g/mol. The van der Waals surface area contributed by atoms with Crippen LogP contribution in [0.3, 0.4) is 0 Å². The Kier molecular flexibility index (Phi) is 6.61. The molecule has 0 fully saturated rings. The molecule has 8 heteroatoms. The molecule has 124 valence electrons. The Bertz CT molecular complexity index is 493. The Balaban J connectivity index is 2.67. The highest BCUT2D eigenvalue weighted by atomic mass is 19.3. The molecule has 0 bridgehead atoms. The number of rotatable bonds is 8. The molecule has 0 aliphatic carbocycles. The van der Waals surface area contributed by atoms with Crippen LogP contribution in [-0.4, -0.2) is 36.6 Å². The van der Waals surface area contributed by atoms with Gasteiger partial charge in [0.2, 0.25) is 0 Å². The van der Waals surface area contributed by atoms with Crippen LogP contribution in [0.1, 0.15) is 25.0 Å². The van der Waals surface area contributed by atoms with Gasteiger partial charge in [0.15, 0.2) is 6.61 Å².